The number of anilines is 1. The number of para-hydroxylation sites is 1. The number of nitrogens with one attached hydrogen (secondary N) is 1. The van der Waals surface area contributed by atoms with E-state index in [1.165, 1.54) is 0 Å². The molecule has 0 bridgehead atoms. The third kappa shape index (κ3) is 6.80. The predicted octanol–water partition coefficient (Wildman–Crippen LogP) is 3.42. The lowest BCUT2D eigenvalue weighted by molar-refractivity contribution is -0.148. The van der Waals surface area contributed by atoms with Crippen LogP contribution >= 0.6 is 11.6 Å². The Kier molecular flexibility index (Phi) is 8.03. The first-order valence-corrected chi connectivity index (χ1v) is 9.50. The van der Waals surface area contributed by atoms with Crippen molar-refractivity contribution in [2.45, 2.75) is 32.4 Å². The minimum Gasteiger partial charge on any atom is -0.455 e. The number of benzene rings is 2. The zero-order valence-electron chi connectivity index (χ0n) is 16.3. The lowest BCUT2D eigenvalue weighted by Crippen LogP contribution is -2.40. The average Bonchev–Trinajstić information content (AvgIpc) is 2.67. The molecule has 0 heterocycles. The third-order valence-electron chi connectivity index (χ3n) is 4.14. The molecule has 0 radical (unpaired) electrons. The van der Waals surface area contributed by atoms with Gasteiger partial charge >= 0.3 is 12.0 Å². The van der Waals surface area contributed by atoms with Crippen molar-refractivity contribution in [2.75, 3.05) is 11.5 Å². The van der Waals surface area contributed by atoms with Gasteiger partial charge in [0, 0.05) is 16.8 Å². The molecule has 1 unspecified atom stereocenters. The van der Waals surface area contributed by atoms with E-state index in [1.54, 1.807) is 29.2 Å². The Morgan fingerprint density at radius 1 is 1.07 bits per heavy atom. The summed E-state index contributed by atoms with van der Waals surface area (Å²) < 4.78 is 5.17. The van der Waals surface area contributed by atoms with Gasteiger partial charge in [-0.25, -0.2) is 4.79 Å². The summed E-state index contributed by atoms with van der Waals surface area (Å²) in [6.45, 7) is 3.34. The highest BCUT2D eigenvalue weighted by Crippen LogP contribution is 2.20. The van der Waals surface area contributed by atoms with Gasteiger partial charge in [0.1, 0.15) is 0 Å². The molecule has 154 valence electrons. The van der Waals surface area contributed by atoms with Crippen molar-refractivity contribution in [1.29, 1.82) is 0 Å². The summed E-state index contributed by atoms with van der Waals surface area (Å²) in [5.41, 5.74) is 6.57. The summed E-state index contributed by atoms with van der Waals surface area (Å²) in [6, 6.07) is 14.2. The molecule has 7 nitrogen and oxygen atoms in total. The lowest BCUT2D eigenvalue weighted by atomic mass is 10.0. The van der Waals surface area contributed by atoms with Crippen LogP contribution in [-0.2, 0) is 14.3 Å². The van der Waals surface area contributed by atoms with Gasteiger partial charge in [0.05, 0.1) is 12.5 Å². The maximum Gasteiger partial charge on any atom is 0.312 e. The van der Waals surface area contributed by atoms with Crippen molar-refractivity contribution >= 4 is 35.2 Å². The van der Waals surface area contributed by atoms with E-state index < -0.39 is 24.6 Å². The van der Waals surface area contributed by atoms with E-state index in [2.05, 4.69) is 5.32 Å². The normalized spacial score (nSPS) is 11.6. The zero-order chi connectivity index (χ0) is 21.4. The largest absolute Gasteiger partial charge is 0.455 e. The summed E-state index contributed by atoms with van der Waals surface area (Å²) in [7, 11) is 0. The molecule has 3 N–H and O–H groups in total. The highest BCUT2D eigenvalue weighted by atomic mass is 35.5. The van der Waals surface area contributed by atoms with E-state index in [9.17, 15) is 14.4 Å². The van der Waals surface area contributed by atoms with Gasteiger partial charge in [-0.15, -0.1) is 0 Å². The standard InChI is InChI=1S/C21H24ClN3O4/c1-14(2)25(17-6-4-3-5-7-17)19(26)13-29-20(27)12-18(24-21(23)28)15-8-10-16(22)11-9-15/h3-11,14,18H,12-13H2,1-2H3,(H3,23,24,28). The number of rotatable bonds is 8. The van der Waals surface area contributed by atoms with Crippen LogP contribution in [-0.4, -0.2) is 30.6 Å². The van der Waals surface area contributed by atoms with Crippen molar-refractivity contribution in [1.82, 2.24) is 5.32 Å². The number of hydrogen-bond donors (Lipinski definition) is 2. The Labute approximate surface area is 174 Å². The van der Waals surface area contributed by atoms with Crippen LogP contribution in [0.2, 0.25) is 5.02 Å². The number of carbonyl (C=O) groups excluding carboxylic acids is 3. The van der Waals surface area contributed by atoms with Crippen LogP contribution < -0.4 is 16.0 Å². The molecule has 0 saturated heterocycles. The van der Waals surface area contributed by atoms with Crippen LogP contribution in [0, 0.1) is 0 Å². The average molecular weight is 418 g/mol. The van der Waals surface area contributed by atoms with Crippen molar-refractivity contribution in [3.05, 3.63) is 65.2 Å². The van der Waals surface area contributed by atoms with Crippen LogP contribution in [0.1, 0.15) is 31.9 Å². The topological polar surface area (TPSA) is 102 Å². The smallest absolute Gasteiger partial charge is 0.312 e. The Morgan fingerprint density at radius 2 is 1.69 bits per heavy atom. The monoisotopic (exact) mass is 417 g/mol. The second-order valence-electron chi connectivity index (χ2n) is 6.67. The fourth-order valence-corrected chi connectivity index (χ4v) is 3.00. The molecule has 8 heteroatoms. The van der Waals surface area contributed by atoms with Crippen molar-refractivity contribution in [2.24, 2.45) is 5.73 Å². The lowest BCUT2D eigenvalue weighted by Gasteiger charge is -2.26. The molecule has 2 aromatic carbocycles. The van der Waals surface area contributed by atoms with Gasteiger partial charge in [-0.05, 0) is 43.7 Å². The number of primary amides is 1. The minimum absolute atomic E-state index is 0.109. The Hall–Kier alpha value is -3.06. The molecule has 0 saturated carbocycles. The number of hydrogen-bond acceptors (Lipinski definition) is 4. The van der Waals surface area contributed by atoms with E-state index in [0.717, 1.165) is 5.69 Å². The second kappa shape index (κ2) is 10.5. The first kappa shape index (κ1) is 22.2. The molecule has 0 aliphatic heterocycles. The summed E-state index contributed by atoms with van der Waals surface area (Å²) in [5, 5.41) is 3.02. The van der Waals surface area contributed by atoms with Crippen LogP contribution in [0.4, 0.5) is 10.5 Å². The van der Waals surface area contributed by atoms with Gasteiger partial charge in [-0.2, -0.15) is 0 Å². The van der Waals surface area contributed by atoms with Gasteiger partial charge in [0.25, 0.3) is 5.91 Å². The highest BCUT2D eigenvalue weighted by molar-refractivity contribution is 6.30. The second-order valence-corrected chi connectivity index (χ2v) is 7.11. The molecule has 0 spiro atoms. The number of nitrogens with two attached hydrogens (primary N) is 1. The first-order valence-electron chi connectivity index (χ1n) is 9.12. The number of ether oxygens (including phenoxy) is 1. The number of urea groups is 1. The van der Waals surface area contributed by atoms with Gasteiger partial charge in [-0.3, -0.25) is 9.59 Å². The maximum absolute atomic E-state index is 12.6. The van der Waals surface area contributed by atoms with E-state index in [-0.39, 0.29) is 18.4 Å². The summed E-state index contributed by atoms with van der Waals surface area (Å²) in [6.07, 6.45) is -0.176. The van der Waals surface area contributed by atoms with E-state index >= 15 is 0 Å². The molecule has 2 rings (SSSR count). The van der Waals surface area contributed by atoms with Crippen LogP contribution in [0.5, 0.6) is 0 Å². The first-order chi connectivity index (χ1) is 13.8. The van der Waals surface area contributed by atoms with Gasteiger partial charge in [-0.1, -0.05) is 41.9 Å². The van der Waals surface area contributed by atoms with Gasteiger partial charge in [0.2, 0.25) is 0 Å². The van der Waals surface area contributed by atoms with Crippen LogP contribution in [0.15, 0.2) is 54.6 Å². The van der Waals surface area contributed by atoms with Crippen LogP contribution in [0.3, 0.4) is 0 Å². The number of amides is 3. The van der Waals surface area contributed by atoms with Gasteiger partial charge in [0.15, 0.2) is 6.61 Å². The van der Waals surface area contributed by atoms with E-state index in [1.807, 2.05) is 44.2 Å². The molecule has 29 heavy (non-hydrogen) atoms. The fraction of sp³-hybridized carbons (Fsp3) is 0.286. The molecule has 1 atom stereocenters. The summed E-state index contributed by atoms with van der Waals surface area (Å²) >= 11 is 5.87. The maximum atomic E-state index is 12.6. The Balaban J connectivity index is 2.01. The number of halogens is 1. The molecule has 3 amide bonds. The molecule has 0 aromatic heterocycles. The summed E-state index contributed by atoms with van der Waals surface area (Å²) in [4.78, 5) is 37.8. The molecular formula is C21H24ClN3O4. The van der Waals surface area contributed by atoms with E-state index in [4.69, 9.17) is 22.1 Å². The minimum atomic E-state index is -0.774. The van der Waals surface area contributed by atoms with Gasteiger partial charge < -0.3 is 20.7 Å². The molecule has 2 aromatic rings. The third-order valence-corrected chi connectivity index (χ3v) is 4.39. The van der Waals surface area contributed by atoms with Crippen molar-refractivity contribution in [3.63, 3.8) is 0 Å². The highest BCUT2D eigenvalue weighted by Gasteiger charge is 2.22. The number of carbonyl (C=O) groups is 3. The molecule has 0 aliphatic rings. The number of nitrogens with zero attached hydrogens (tertiary/aromatic N) is 1. The quantitative estimate of drug-likeness (QED) is 0.642. The zero-order valence-corrected chi connectivity index (χ0v) is 17.1. The Morgan fingerprint density at radius 3 is 2.24 bits per heavy atom. The van der Waals surface area contributed by atoms with Crippen molar-refractivity contribution < 1.29 is 19.1 Å². The molecular weight excluding hydrogens is 394 g/mol. The molecule has 0 fully saturated rings. The fourth-order valence-electron chi connectivity index (χ4n) is 2.88. The summed E-state index contributed by atoms with van der Waals surface area (Å²) in [5.74, 6) is -0.978. The SMILES string of the molecule is CC(C)N(C(=O)COC(=O)CC(NC(N)=O)c1ccc(Cl)cc1)c1ccccc1. The van der Waals surface area contributed by atoms with Crippen molar-refractivity contribution in [3.8, 4) is 0 Å². The predicted molar refractivity (Wildman–Crippen MR) is 112 cm³/mol. The van der Waals surface area contributed by atoms with E-state index in [0.29, 0.717) is 10.6 Å². The molecule has 0 aliphatic carbocycles. The van der Waals surface area contributed by atoms with Crippen LogP contribution in [0.25, 0.3) is 0 Å². The Bertz CT molecular complexity index is 841. The number of esters is 1.